The first-order valence-corrected chi connectivity index (χ1v) is 23.4. The quantitative estimate of drug-likeness (QED) is 0.179. The fourth-order valence-electron chi connectivity index (χ4n) is 9.02. The lowest BCUT2D eigenvalue weighted by molar-refractivity contribution is -0.141. The third kappa shape index (κ3) is 8.55. The van der Waals surface area contributed by atoms with Gasteiger partial charge < -0.3 is 34.3 Å². The summed E-state index contributed by atoms with van der Waals surface area (Å²) in [7, 11) is -0.0102. The number of furan rings is 1. The molecule has 2 aliphatic heterocycles. The number of rotatable bonds is 9. The topological polar surface area (TPSA) is 202 Å². The van der Waals surface area contributed by atoms with Crippen LogP contribution >= 0.6 is 0 Å². The highest BCUT2D eigenvalue weighted by atomic mass is 32.2. The van der Waals surface area contributed by atoms with Crippen molar-refractivity contribution < 1.29 is 41.5 Å². The zero-order valence-electron chi connectivity index (χ0n) is 35.0. The second-order valence-corrected chi connectivity index (χ2v) is 19.5. The van der Waals surface area contributed by atoms with E-state index < -0.39 is 68.7 Å². The van der Waals surface area contributed by atoms with Crippen molar-refractivity contribution in [1.82, 2.24) is 30.2 Å². The van der Waals surface area contributed by atoms with E-state index in [2.05, 4.69) is 15.4 Å². The summed E-state index contributed by atoms with van der Waals surface area (Å²) in [4.78, 5) is 69.8. The van der Waals surface area contributed by atoms with E-state index in [9.17, 15) is 27.6 Å². The number of amides is 4. The van der Waals surface area contributed by atoms with E-state index in [1.807, 2.05) is 79.7 Å². The number of allylic oxidation sites excluding steroid dienone is 1. The van der Waals surface area contributed by atoms with Crippen LogP contribution in [0.2, 0.25) is 0 Å². The molecule has 5 aliphatic rings. The van der Waals surface area contributed by atoms with Crippen LogP contribution in [0.1, 0.15) is 83.5 Å². The Kier molecular flexibility index (Phi) is 11.3. The van der Waals surface area contributed by atoms with Gasteiger partial charge in [-0.05, 0) is 101 Å². The summed E-state index contributed by atoms with van der Waals surface area (Å²) in [6, 6.07) is 13.1. The molecule has 328 valence electrons. The summed E-state index contributed by atoms with van der Waals surface area (Å²) in [5, 5.41) is 5.86. The van der Waals surface area contributed by atoms with Crippen LogP contribution < -0.4 is 25.0 Å². The zero-order valence-corrected chi connectivity index (χ0v) is 35.8. The molecule has 0 radical (unpaired) electrons. The predicted molar refractivity (Wildman–Crippen MR) is 231 cm³/mol. The molecular weight excluding hydrogens is 815 g/mol. The number of ether oxygens (including phenoxy) is 2. The third-order valence-corrected chi connectivity index (χ3v) is 14.6. The average molecular weight is 868 g/mol. The number of carbonyl (C=O) groups excluding carboxylic acids is 4. The number of hydrogen-bond acceptors (Lipinski definition) is 12. The molecule has 3 aliphatic carbocycles. The molecule has 9 rings (SSSR count). The molecule has 4 heterocycles. The number of sulfonamides is 1. The molecule has 4 fully saturated rings. The largest absolute Gasteiger partial charge is 0.470 e. The van der Waals surface area contributed by atoms with Crippen molar-refractivity contribution in [3.05, 3.63) is 60.7 Å². The molecule has 0 bridgehead atoms. The first-order chi connectivity index (χ1) is 29.9. The number of nitrogens with zero attached hydrogens (tertiary/aromatic N) is 4. The highest BCUT2D eigenvalue weighted by Gasteiger charge is 2.62. The Morgan fingerprint density at radius 2 is 1.69 bits per heavy atom. The van der Waals surface area contributed by atoms with Gasteiger partial charge in [0.1, 0.15) is 40.9 Å². The number of nitrogens with one attached hydrogen (secondary N) is 3. The predicted octanol–water partition coefficient (Wildman–Crippen LogP) is 5.50. The summed E-state index contributed by atoms with van der Waals surface area (Å²) >= 11 is 0. The van der Waals surface area contributed by atoms with E-state index in [4.69, 9.17) is 23.9 Å². The standard InChI is InChI=1S/C45H53N7O9S/c1-51(2)29-20-18-27(19-21-29)39-47-37-33-15-10-11-17-36(33)61-38(37)41(48-39)59-31-24-35-40(53)49-45(43(55)50-62(57,58)32-22-23-32)25-28(45)12-6-4-3-5-7-16-34(42(54)52(35)26-31)46-44(56)60-30-13-8-9-14-30/h6,10-12,15,17-21,28,30-32,34-35H,3-5,7-9,13-14,16,22-26H2,1-2H3,(H,46,56)(H,49,53)(H,50,55)/b12-6-/t28-,31-,34+,35+,45-/m1/s1. The van der Waals surface area contributed by atoms with Crippen molar-refractivity contribution in [1.29, 1.82) is 0 Å². The summed E-state index contributed by atoms with van der Waals surface area (Å²) in [6.07, 6.45) is 9.86. The number of carbonyl (C=O) groups is 4. The molecule has 62 heavy (non-hydrogen) atoms. The molecule has 16 nitrogen and oxygen atoms in total. The minimum atomic E-state index is -3.92. The molecule has 1 saturated heterocycles. The van der Waals surface area contributed by atoms with Crippen LogP contribution in [0.5, 0.6) is 5.88 Å². The fraction of sp³-hybridized carbons (Fsp3) is 0.511. The summed E-state index contributed by atoms with van der Waals surface area (Å²) < 4.78 is 46.9. The smallest absolute Gasteiger partial charge is 0.408 e. The molecule has 4 aromatic rings. The number of fused-ring (bicyclic) bond motifs is 5. The van der Waals surface area contributed by atoms with Gasteiger partial charge in [0, 0.05) is 43.1 Å². The lowest BCUT2D eigenvalue weighted by Gasteiger charge is -2.30. The number of para-hydroxylation sites is 1. The van der Waals surface area contributed by atoms with E-state index in [-0.39, 0.29) is 31.4 Å². The van der Waals surface area contributed by atoms with Gasteiger partial charge in [-0.3, -0.25) is 19.1 Å². The molecule has 4 amide bonds. The fourth-order valence-corrected chi connectivity index (χ4v) is 10.4. The number of benzene rings is 2. The van der Waals surface area contributed by atoms with Crippen molar-refractivity contribution >= 4 is 61.6 Å². The minimum Gasteiger partial charge on any atom is -0.470 e. The van der Waals surface area contributed by atoms with Gasteiger partial charge in [-0.2, -0.15) is 4.98 Å². The Morgan fingerprint density at radius 3 is 2.45 bits per heavy atom. The van der Waals surface area contributed by atoms with E-state index in [0.717, 1.165) is 55.2 Å². The molecule has 3 N–H and O–H groups in total. The van der Waals surface area contributed by atoms with Crippen LogP contribution in [0.4, 0.5) is 10.5 Å². The Bertz CT molecular complexity index is 2520. The Balaban J connectivity index is 1.05. The molecule has 2 aromatic heterocycles. The van der Waals surface area contributed by atoms with Crippen molar-refractivity contribution in [2.24, 2.45) is 5.92 Å². The Hall–Kier alpha value is -5.71. The van der Waals surface area contributed by atoms with Crippen LogP contribution in [-0.4, -0.2) is 103 Å². The number of anilines is 1. The van der Waals surface area contributed by atoms with Gasteiger partial charge in [0.15, 0.2) is 5.82 Å². The maximum absolute atomic E-state index is 14.8. The summed E-state index contributed by atoms with van der Waals surface area (Å²) in [6.45, 7) is -0.0655. The molecule has 17 heteroatoms. The second kappa shape index (κ2) is 16.9. The summed E-state index contributed by atoms with van der Waals surface area (Å²) in [5.41, 5.74) is 1.61. The van der Waals surface area contributed by atoms with Crippen LogP contribution in [0, 0.1) is 5.92 Å². The van der Waals surface area contributed by atoms with Crippen molar-refractivity contribution in [3.8, 4) is 17.3 Å². The highest BCUT2D eigenvalue weighted by Crippen LogP contribution is 2.46. The summed E-state index contributed by atoms with van der Waals surface area (Å²) in [5.74, 6) is -1.86. The van der Waals surface area contributed by atoms with E-state index >= 15 is 0 Å². The molecule has 0 unspecified atom stereocenters. The van der Waals surface area contributed by atoms with Gasteiger partial charge in [-0.25, -0.2) is 18.2 Å². The Labute approximate surface area is 360 Å². The van der Waals surface area contributed by atoms with Crippen molar-refractivity contribution in [2.75, 3.05) is 25.5 Å². The lowest BCUT2D eigenvalue weighted by Crippen LogP contribution is -2.58. The highest BCUT2D eigenvalue weighted by molar-refractivity contribution is 7.91. The van der Waals surface area contributed by atoms with Gasteiger partial charge in [-0.1, -0.05) is 37.1 Å². The zero-order chi connectivity index (χ0) is 43.2. The first kappa shape index (κ1) is 41.6. The Morgan fingerprint density at radius 1 is 0.935 bits per heavy atom. The van der Waals surface area contributed by atoms with Gasteiger partial charge in [0.25, 0.3) is 11.8 Å². The van der Waals surface area contributed by atoms with Crippen molar-refractivity contribution in [2.45, 2.75) is 119 Å². The molecule has 3 saturated carbocycles. The van der Waals surface area contributed by atoms with Crippen LogP contribution in [0.25, 0.3) is 33.5 Å². The van der Waals surface area contributed by atoms with Crippen LogP contribution in [0.15, 0.2) is 65.1 Å². The number of alkyl carbamates (subject to hydrolysis) is 1. The molecular formula is C45H53N7O9S. The number of hydrogen-bond donors (Lipinski definition) is 3. The molecule has 5 atom stereocenters. The maximum Gasteiger partial charge on any atom is 0.408 e. The van der Waals surface area contributed by atoms with E-state index in [0.29, 0.717) is 54.6 Å². The second-order valence-electron chi connectivity index (χ2n) is 17.6. The number of aromatic nitrogens is 2. The molecule has 2 aromatic carbocycles. The van der Waals surface area contributed by atoms with E-state index in [1.54, 1.807) is 0 Å². The van der Waals surface area contributed by atoms with Gasteiger partial charge in [0.05, 0.1) is 11.8 Å². The first-order valence-electron chi connectivity index (χ1n) is 21.8. The minimum absolute atomic E-state index is 0.00597. The van der Waals surface area contributed by atoms with Crippen molar-refractivity contribution in [3.63, 3.8) is 0 Å². The van der Waals surface area contributed by atoms with Gasteiger partial charge in [-0.15, -0.1) is 0 Å². The normalized spacial score (nSPS) is 26.5. The van der Waals surface area contributed by atoms with Gasteiger partial charge in [0.2, 0.25) is 27.4 Å². The average Bonchev–Trinajstić information content (AvgIpc) is 4.06. The van der Waals surface area contributed by atoms with Gasteiger partial charge >= 0.3 is 6.09 Å². The van der Waals surface area contributed by atoms with Crippen LogP contribution in [-0.2, 0) is 29.1 Å². The lowest BCUT2D eigenvalue weighted by atomic mass is 10.0. The maximum atomic E-state index is 14.8. The van der Waals surface area contributed by atoms with Crippen LogP contribution in [0.3, 0.4) is 0 Å². The SMILES string of the molecule is CN(C)c1ccc(-c2nc(O[C@@H]3C[C@H]4C(=O)N[C@]5(C(=O)NS(=O)(=O)C6CC6)C[C@H]5/C=C\CCCCC[C@H](NC(=O)OC5CCCC5)C(=O)N4C3)c3oc4ccccc4c3n2)cc1. The third-order valence-electron chi connectivity index (χ3n) is 12.8. The monoisotopic (exact) mass is 867 g/mol. The molecule has 0 spiro atoms. The van der Waals surface area contributed by atoms with E-state index in [1.165, 1.54) is 4.90 Å².